The van der Waals surface area contributed by atoms with Crippen LogP contribution in [0.4, 0.5) is 0 Å². The summed E-state index contributed by atoms with van der Waals surface area (Å²) in [5.74, 6) is 0.730. The summed E-state index contributed by atoms with van der Waals surface area (Å²) in [5, 5.41) is 3.12. The van der Waals surface area contributed by atoms with Gasteiger partial charge in [-0.05, 0) is 44.4 Å². The van der Waals surface area contributed by atoms with E-state index in [0.29, 0.717) is 18.6 Å². The molecule has 0 spiro atoms. The van der Waals surface area contributed by atoms with Crippen molar-refractivity contribution in [2.24, 2.45) is 17.1 Å². The average molecular weight is 270 g/mol. The fourth-order valence-electron chi connectivity index (χ4n) is 2.95. The lowest BCUT2D eigenvalue weighted by molar-refractivity contribution is -0.131. The Bertz CT molecular complexity index is 261. The van der Waals surface area contributed by atoms with Crippen molar-refractivity contribution in [3.63, 3.8) is 0 Å². The SMILES string of the molecule is CCC(CC)(CN)C(=O)NCC1CCC(OC)CC1. The third kappa shape index (κ3) is 4.18. The van der Waals surface area contributed by atoms with Gasteiger partial charge >= 0.3 is 0 Å². The highest BCUT2D eigenvalue weighted by Gasteiger charge is 2.33. The highest BCUT2D eigenvalue weighted by molar-refractivity contribution is 5.82. The van der Waals surface area contributed by atoms with E-state index in [1.165, 1.54) is 0 Å². The van der Waals surface area contributed by atoms with E-state index in [4.69, 9.17) is 10.5 Å². The maximum atomic E-state index is 12.3. The number of nitrogens with two attached hydrogens (primary N) is 1. The molecule has 1 rings (SSSR count). The van der Waals surface area contributed by atoms with Crippen molar-refractivity contribution >= 4 is 5.91 Å². The van der Waals surface area contributed by atoms with E-state index in [1.807, 2.05) is 13.8 Å². The highest BCUT2D eigenvalue weighted by Crippen LogP contribution is 2.27. The first-order chi connectivity index (χ1) is 9.11. The minimum absolute atomic E-state index is 0.133. The lowest BCUT2D eigenvalue weighted by Gasteiger charge is -2.31. The standard InChI is InChI=1S/C15H30N2O2/c1-4-15(5-2,11-16)14(18)17-10-12-6-8-13(19-3)9-7-12/h12-13H,4-11,16H2,1-3H3,(H,17,18). The summed E-state index contributed by atoms with van der Waals surface area (Å²) < 4.78 is 5.37. The van der Waals surface area contributed by atoms with Crippen LogP contribution in [0.2, 0.25) is 0 Å². The van der Waals surface area contributed by atoms with Crippen LogP contribution in [0, 0.1) is 11.3 Å². The fourth-order valence-corrected chi connectivity index (χ4v) is 2.95. The van der Waals surface area contributed by atoms with Crippen molar-refractivity contribution in [3.05, 3.63) is 0 Å². The molecule has 19 heavy (non-hydrogen) atoms. The van der Waals surface area contributed by atoms with Gasteiger partial charge in [0.1, 0.15) is 0 Å². The Morgan fingerprint density at radius 3 is 2.26 bits per heavy atom. The van der Waals surface area contributed by atoms with E-state index in [-0.39, 0.29) is 11.3 Å². The predicted molar refractivity (Wildman–Crippen MR) is 77.8 cm³/mol. The van der Waals surface area contributed by atoms with E-state index >= 15 is 0 Å². The van der Waals surface area contributed by atoms with Gasteiger partial charge in [-0.15, -0.1) is 0 Å². The summed E-state index contributed by atoms with van der Waals surface area (Å²) in [6, 6.07) is 0. The van der Waals surface area contributed by atoms with Gasteiger partial charge < -0.3 is 15.8 Å². The average Bonchev–Trinajstić information content (AvgIpc) is 2.48. The van der Waals surface area contributed by atoms with Crippen LogP contribution in [0.5, 0.6) is 0 Å². The van der Waals surface area contributed by atoms with Crippen LogP contribution < -0.4 is 11.1 Å². The molecule has 1 aliphatic rings. The number of amides is 1. The molecule has 0 radical (unpaired) electrons. The van der Waals surface area contributed by atoms with Crippen LogP contribution >= 0.6 is 0 Å². The number of hydrogen-bond acceptors (Lipinski definition) is 3. The smallest absolute Gasteiger partial charge is 0.227 e. The zero-order chi connectivity index (χ0) is 14.3. The first kappa shape index (κ1) is 16.4. The van der Waals surface area contributed by atoms with Crippen molar-refractivity contribution in [3.8, 4) is 0 Å². The summed E-state index contributed by atoms with van der Waals surface area (Å²) in [6.45, 7) is 5.30. The van der Waals surface area contributed by atoms with Crippen LogP contribution in [0.1, 0.15) is 52.4 Å². The van der Waals surface area contributed by atoms with Gasteiger partial charge in [-0.3, -0.25) is 4.79 Å². The molecule has 0 aromatic heterocycles. The maximum Gasteiger partial charge on any atom is 0.227 e. The minimum Gasteiger partial charge on any atom is -0.381 e. The van der Waals surface area contributed by atoms with Crippen LogP contribution in [0.3, 0.4) is 0 Å². The van der Waals surface area contributed by atoms with E-state index in [1.54, 1.807) is 7.11 Å². The van der Waals surface area contributed by atoms with Gasteiger partial charge in [-0.1, -0.05) is 13.8 Å². The van der Waals surface area contributed by atoms with E-state index in [0.717, 1.165) is 45.1 Å². The largest absolute Gasteiger partial charge is 0.381 e. The van der Waals surface area contributed by atoms with Gasteiger partial charge in [0.25, 0.3) is 0 Å². The normalized spacial score (nSPS) is 24.2. The molecule has 1 aliphatic carbocycles. The van der Waals surface area contributed by atoms with Crippen molar-refractivity contribution in [2.45, 2.75) is 58.5 Å². The quantitative estimate of drug-likeness (QED) is 0.744. The lowest BCUT2D eigenvalue weighted by atomic mass is 9.81. The second-order valence-corrected chi connectivity index (χ2v) is 5.78. The number of rotatable bonds is 7. The first-order valence-corrected chi connectivity index (χ1v) is 7.63. The van der Waals surface area contributed by atoms with Gasteiger partial charge in [0.05, 0.1) is 11.5 Å². The molecule has 0 atom stereocenters. The number of nitrogens with one attached hydrogen (secondary N) is 1. The molecule has 0 aliphatic heterocycles. The summed E-state index contributed by atoms with van der Waals surface area (Å²) >= 11 is 0. The minimum atomic E-state index is -0.371. The molecule has 1 saturated carbocycles. The summed E-state index contributed by atoms with van der Waals surface area (Å²) in [7, 11) is 1.78. The second-order valence-electron chi connectivity index (χ2n) is 5.78. The topological polar surface area (TPSA) is 64.4 Å². The molecule has 0 aromatic rings. The fraction of sp³-hybridized carbons (Fsp3) is 0.933. The van der Waals surface area contributed by atoms with Gasteiger partial charge in [0.2, 0.25) is 5.91 Å². The Kier molecular flexibility index (Phi) is 6.80. The molecule has 4 heteroatoms. The second kappa shape index (κ2) is 7.85. The summed E-state index contributed by atoms with van der Waals surface area (Å²) in [4.78, 5) is 12.3. The van der Waals surface area contributed by atoms with E-state index in [2.05, 4.69) is 5.32 Å². The first-order valence-electron chi connectivity index (χ1n) is 7.63. The maximum absolute atomic E-state index is 12.3. The van der Waals surface area contributed by atoms with Crippen LogP contribution in [-0.4, -0.2) is 32.2 Å². The Morgan fingerprint density at radius 1 is 1.26 bits per heavy atom. The Balaban J connectivity index is 2.38. The Hall–Kier alpha value is -0.610. The zero-order valence-electron chi connectivity index (χ0n) is 12.7. The highest BCUT2D eigenvalue weighted by atomic mass is 16.5. The van der Waals surface area contributed by atoms with Crippen molar-refractivity contribution in [1.82, 2.24) is 5.32 Å². The van der Waals surface area contributed by atoms with E-state index < -0.39 is 0 Å². The Labute approximate surface area is 117 Å². The Morgan fingerprint density at radius 2 is 1.84 bits per heavy atom. The molecule has 4 nitrogen and oxygen atoms in total. The molecule has 0 bridgehead atoms. The van der Waals surface area contributed by atoms with Gasteiger partial charge in [0.15, 0.2) is 0 Å². The van der Waals surface area contributed by atoms with Crippen LogP contribution in [0.15, 0.2) is 0 Å². The summed E-state index contributed by atoms with van der Waals surface area (Å²) in [6.07, 6.45) is 6.55. The zero-order valence-corrected chi connectivity index (χ0v) is 12.7. The molecule has 112 valence electrons. The molecule has 0 heterocycles. The lowest BCUT2D eigenvalue weighted by Crippen LogP contribution is -2.46. The van der Waals surface area contributed by atoms with Crippen molar-refractivity contribution in [2.75, 3.05) is 20.2 Å². The molecular weight excluding hydrogens is 240 g/mol. The number of ether oxygens (including phenoxy) is 1. The van der Waals surface area contributed by atoms with Crippen molar-refractivity contribution < 1.29 is 9.53 Å². The van der Waals surface area contributed by atoms with Gasteiger partial charge in [-0.2, -0.15) is 0 Å². The third-order valence-corrected chi connectivity index (χ3v) is 4.90. The predicted octanol–water partition coefficient (Wildman–Crippen LogP) is 2.07. The van der Waals surface area contributed by atoms with Gasteiger partial charge in [0, 0.05) is 20.2 Å². The van der Waals surface area contributed by atoms with Gasteiger partial charge in [-0.25, -0.2) is 0 Å². The monoisotopic (exact) mass is 270 g/mol. The van der Waals surface area contributed by atoms with Crippen LogP contribution in [-0.2, 0) is 9.53 Å². The number of methoxy groups -OCH3 is 1. The molecule has 1 fully saturated rings. The number of carbonyl (C=O) groups is 1. The molecule has 1 amide bonds. The van der Waals surface area contributed by atoms with E-state index in [9.17, 15) is 4.79 Å². The van der Waals surface area contributed by atoms with Crippen LogP contribution in [0.25, 0.3) is 0 Å². The number of hydrogen-bond donors (Lipinski definition) is 2. The summed E-state index contributed by atoms with van der Waals surface area (Å²) in [5.41, 5.74) is 5.43. The molecule has 0 saturated heterocycles. The molecular formula is C15H30N2O2. The third-order valence-electron chi connectivity index (χ3n) is 4.90. The molecule has 0 aromatic carbocycles. The molecule has 0 unspecified atom stereocenters. The molecule has 3 N–H and O–H groups in total. The number of carbonyl (C=O) groups excluding carboxylic acids is 1. The van der Waals surface area contributed by atoms with Crippen molar-refractivity contribution in [1.29, 1.82) is 0 Å².